The number of nitrogens with one attached hydrogen (secondary N) is 2. The van der Waals surface area contributed by atoms with Crippen molar-refractivity contribution in [2.24, 2.45) is 0 Å². The standard InChI is InChI=1S/C18H22N2O4S/c1-4-14-5-7-15(8-6-14)20-25(22,23)17-11-9-16(10-12-17)24-13(2)18(21)19-3/h5-13,20H,4H2,1-3H3,(H,19,21)/t13-/m1/s1. The van der Waals surface area contributed by atoms with Crippen molar-refractivity contribution in [2.45, 2.75) is 31.3 Å². The Hall–Kier alpha value is -2.54. The number of carbonyl (C=O) groups excluding carboxylic acids is 1. The second-order valence-corrected chi connectivity index (χ2v) is 7.18. The summed E-state index contributed by atoms with van der Waals surface area (Å²) < 4.78 is 32.8. The number of aryl methyl sites for hydroxylation is 1. The number of benzene rings is 2. The van der Waals surface area contributed by atoms with Gasteiger partial charge in [-0.3, -0.25) is 9.52 Å². The molecule has 0 saturated carbocycles. The number of hydrogen-bond acceptors (Lipinski definition) is 4. The highest BCUT2D eigenvalue weighted by Crippen LogP contribution is 2.20. The van der Waals surface area contributed by atoms with Gasteiger partial charge in [-0.05, 0) is 55.3 Å². The number of carbonyl (C=O) groups is 1. The summed E-state index contributed by atoms with van der Waals surface area (Å²) in [4.78, 5) is 11.6. The molecule has 1 atom stereocenters. The lowest BCUT2D eigenvalue weighted by Crippen LogP contribution is -2.33. The van der Waals surface area contributed by atoms with E-state index in [9.17, 15) is 13.2 Å². The number of rotatable bonds is 7. The van der Waals surface area contributed by atoms with Gasteiger partial charge in [-0.2, -0.15) is 0 Å². The van der Waals surface area contributed by atoms with Crippen molar-refractivity contribution in [1.29, 1.82) is 0 Å². The van der Waals surface area contributed by atoms with Crippen molar-refractivity contribution in [1.82, 2.24) is 5.32 Å². The van der Waals surface area contributed by atoms with E-state index in [0.717, 1.165) is 12.0 Å². The fraction of sp³-hybridized carbons (Fsp3) is 0.278. The quantitative estimate of drug-likeness (QED) is 0.793. The maximum Gasteiger partial charge on any atom is 0.261 e. The molecule has 0 aliphatic rings. The van der Waals surface area contributed by atoms with E-state index in [2.05, 4.69) is 10.0 Å². The first kappa shape index (κ1) is 18.8. The van der Waals surface area contributed by atoms with Crippen molar-refractivity contribution in [3.63, 3.8) is 0 Å². The van der Waals surface area contributed by atoms with Gasteiger partial charge >= 0.3 is 0 Å². The molecule has 2 N–H and O–H groups in total. The maximum atomic E-state index is 12.4. The molecule has 0 radical (unpaired) electrons. The Kier molecular flexibility index (Phi) is 6.03. The highest BCUT2D eigenvalue weighted by atomic mass is 32.2. The van der Waals surface area contributed by atoms with Crippen LogP contribution < -0.4 is 14.8 Å². The molecule has 0 heterocycles. The van der Waals surface area contributed by atoms with Gasteiger partial charge in [0.1, 0.15) is 5.75 Å². The van der Waals surface area contributed by atoms with Crippen LogP contribution in [0.5, 0.6) is 5.75 Å². The van der Waals surface area contributed by atoms with Crippen LogP contribution in [0.15, 0.2) is 53.4 Å². The Morgan fingerprint density at radius 1 is 1.08 bits per heavy atom. The number of hydrogen-bond donors (Lipinski definition) is 2. The number of sulfonamides is 1. The number of anilines is 1. The van der Waals surface area contributed by atoms with Crippen LogP contribution >= 0.6 is 0 Å². The Balaban J connectivity index is 2.10. The number of likely N-dealkylation sites (N-methyl/N-ethyl adjacent to an activating group) is 1. The van der Waals surface area contributed by atoms with E-state index < -0.39 is 16.1 Å². The molecule has 0 fully saturated rings. The Morgan fingerprint density at radius 2 is 1.68 bits per heavy atom. The van der Waals surface area contributed by atoms with E-state index in [0.29, 0.717) is 11.4 Å². The van der Waals surface area contributed by atoms with Crippen molar-refractivity contribution >= 4 is 21.6 Å². The van der Waals surface area contributed by atoms with Crippen LogP contribution in [0.1, 0.15) is 19.4 Å². The van der Waals surface area contributed by atoms with Gasteiger partial charge in [-0.1, -0.05) is 19.1 Å². The summed E-state index contributed by atoms with van der Waals surface area (Å²) in [7, 11) is -2.16. The number of amides is 1. The van der Waals surface area contributed by atoms with Crippen LogP contribution in [0, 0.1) is 0 Å². The first-order valence-corrected chi connectivity index (χ1v) is 9.44. The molecule has 6 nitrogen and oxygen atoms in total. The predicted octanol–water partition coefficient (Wildman–Crippen LogP) is 2.56. The third-order valence-corrected chi connectivity index (χ3v) is 5.07. The average Bonchev–Trinajstić information content (AvgIpc) is 2.61. The Bertz CT molecular complexity index is 815. The molecule has 0 aliphatic heterocycles. The minimum atomic E-state index is -3.68. The van der Waals surface area contributed by atoms with Crippen LogP contribution in [0.25, 0.3) is 0 Å². The zero-order chi connectivity index (χ0) is 18.4. The van der Waals surface area contributed by atoms with Crippen LogP contribution in [0.3, 0.4) is 0 Å². The predicted molar refractivity (Wildman–Crippen MR) is 97.2 cm³/mol. The fourth-order valence-electron chi connectivity index (χ4n) is 2.18. The normalized spacial score (nSPS) is 12.3. The first-order chi connectivity index (χ1) is 11.9. The highest BCUT2D eigenvalue weighted by molar-refractivity contribution is 7.92. The summed E-state index contributed by atoms with van der Waals surface area (Å²) in [6, 6.07) is 13.2. The molecule has 2 aromatic carbocycles. The summed E-state index contributed by atoms with van der Waals surface area (Å²) in [6.45, 7) is 3.65. The van der Waals surface area contributed by atoms with E-state index in [-0.39, 0.29) is 10.8 Å². The molecule has 0 saturated heterocycles. The van der Waals surface area contributed by atoms with Gasteiger partial charge in [0, 0.05) is 12.7 Å². The van der Waals surface area contributed by atoms with Crippen molar-refractivity contribution in [2.75, 3.05) is 11.8 Å². The molecule has 0 aromatic heterocycles. The van der Waals surface area contributed by atoms with Crippen LogP contribution in [0.4, 0.5) is 5.69 Å². The molecular formula is C18H22N2O4S. The minimum absolute atomic E-state index is 0.118. The molecule has 7 heteroatoms. The van der Waals surface area contributed by atoms with Crippen molar-refractivity contribution < 1.29 is 17.9 Å². The van der Waals surface area contributed by atoms with Gasteiger partial charge in [0.2, 0.25) is 0 Å². The summed E-state index contributed by atoms with van der Waals surface area (Å²) in [5, 5.41) is 2.49. The van der Waals surface area contributed by atoms with Gasteiger partial charge in [0.05, 0.1) is 4.90 Å². The molecular weight excluding hydrogens is 340 g/mol. The second kappa shape index (κ2) is 8.02. The smallest absolute Gasteiger partial charge is 0.261 e. The van der Waals surface area contributed by atoms with Gasteiger partial charge < -0.3 is 10.1 Å². The Labute approximate surface area is 148 Å². The number of ether oxygens (including phenoxy) is 1. The van der Waals surface area contributed by atoms with Gasteiger partial charge in [0.25, 0.3) is 15.9 Å². The summed E-state index contributed by atoms with van der Waals surface area (Å²) in [6.07, 6.45) is 0.228. The largest absolute Gasteiger partial charge is 0.481 e. The fourth-order valence-corrected chi connectivity index (χ4v) is 3.24. The molecule has 2 aromatic rings. The lowest BCUT2D eigenvalue weighted by atomic mass is 10.2. The third-order valence-electron chi connectivity index (χ3n) is 3.68. The highest BCUT2D eigenvalue weighted by Gasteiger charge is 2.16. The van der Waals surface area contributed by atoms with E-state index in [1.165, 1.54) is 31.3 Å². The van der Waals surface area contributed by atoms with Gasteiger partial charge in [0.15, 0.2) is 6.10 Å². The summed E-state index contributed by atoms with van der Waals surface area (Å²) in [5.41, 5.74) is 1.64. The zero-order valence-corrected chi connectivity index (χ0v) is 15.3. The molecule has 0 spiro atoms. The van der Waals surface area contributed by atoms with Crippen molar-refractivity contribution in [3.8, 4) is 5.75 Å². The summed E-state index contributed by atoms with van der Waals surface area (Å²) in [5.74, 6) is 0.163. The molecule has 0 unspecified atom stereocenters. The van der Waals surface area contributed by atoms with Crippen LogP contribution in [-0.2, 0) is 21.2 Å². The average molecular weight is 362 g/mol. The van der Waals surface area contributed by atoms with E-state index >= 15 is 0 Å². The van der Waals surface area contributed by atoms with Crippen molar-refractivity contribution in [3.05, 3.63) is 54.1 Å². The summed E-state index contributed by atoms with van der Waals surface area (Å²) >= 11 is 0. The van der Waals surface area contributed by atoms with E-state index in [4.69, 9.17) is 4.74 Å². The van der Waals surface area contributed by atoms with E-state index in [1.54, 1.807) is 19.1 Å². The van der Waals surface area contributed by atoms with E-state index in [1.807, 2.05) is 19.1 Å². The third kappa shape index (κ3) is 4.96. The first-order valence-electron chi connectivity index (χ1n) is 7.95. The van der Waals surface area contributed by atoms with Crippen LogP contribution in [-0.4, -0.2) is 27.5 Å². The molecule has 0 bridgehead atoms. The lowest BCUT2D eigenvalue weighted by molar-refractivity contribution is -0.126. The monoisotopic (exact) mass is 362 g/mol. The van der Waals surface area contributed by atoms with Gasteiger partial charge in [-0.25, -0.2) is 8.42 Å². The minimum Gasteiger partial charge on any atom is -0.481 e. The molecule has 1 amide bonds. The maximum absolute atomic E-state index is 12.4. The molecule has 2 rings (SSSR count). The zero-order valence-electron chi connectivity index (χ0n) is 14.4. The lowest BCUT2D eigenvalue weighted by Gasteiger charge is -2.14. The van der Waals surface area contributed by atoms with Crippen LogP contribution in [0.2, 0.25) is 0 Å². The topological polar surface area (TPSA) is 84.5 Å². The molecule has 0 aliphatic carbocycles. The SMILES string of the molecule is CCc1ccc(NS(=O)(=O)c2ccc(O[C@H](C)C(=O)NC)cc2)cc1. The molecule has 134 valence electrons. The van der Waals surface area contributed by atoms with Gasteiger partial charge in [-0.15, -0.1) is 0 Å². The Morgan fingerprint density at radius 3 is 2.20 bits per heavy atom. The molecule has 25 heavy (non-hydrogen) atoms. The second-order valence-electron chi connectivity index (χ2n) is 5.50.